The van der Waals surface area contributed by atoms with Crippen LogP contribution in [-0.2, 0) is 14.3 Å². The molecule has 7 heteroatoms. The topological polar surface area (TPSA) is 95.9 Å². The lowest BCUT2D eigenvalue weighted by Crippen LogP contribution is -2.48. The fourth-order valence-electron chi connectivity index (χ4n) is 5.37. The quantitative estimate of drug-likeness (QED) is 0.547. The molecule has 2 aromatic carbocycles. The van der Waals surface area contributed by atoms with Crippen molar-refractivity contribution in [1.29, 1.82) is 0 Å². The van der Waals surface area contributed by atoms with Crippen LogP contribution in [0.3, 0.4) is 0 Å². The summed E-state index contributed by atoms with van der Waals surface area (Å²) in [5.41, 5.74) is 4.59. The lowest BCUT2D eigenvalue weighted by Gasteiger charge is -2.24. The molecule has 1 unspecified atom stereocenters. The number of nitrogens with zero attached hydrogens (tertiary/aromatic N) is 1. The van der Waals surface area contributed by atoms with Gasteiger partial charge in [-0.25, -0.2) is 4.79 Å². The van der Waals surface area contributed by atoms with Crippen LogP contribution in [0.25, 0.3) is 11.1 Å². The molecule has 1 aliphatic heterocycles. The van der Waals surface area contributed by atoms with Crippen LogP contribution in [-0.4, -0.2) is 53.7 Å². The second kappa shape index (κ2) is 10.9. The molecule has 0 radical (unpaired) electrons. The van der Waals surface area contributed by atoms with Gasteiger partial charge in [-0.15, -0.1) is 0 Å². The summed E-state index contributed by atoms with van der Waals surface area (Å²) in [6.07, 6.45) is 1.66. The number of hydrogen-bond acceptors (Lipinski definition) is 4. The van der Waals surface area contributed by atoms with Crippen LogP contribution < -0.4 is 5.32 Å². The van der Waals surface area contributed by atoms with Crippen LogP contribution in [0, 0.1) is 11.8 Å². The summed E-state index contributed by atoms with van der Waals surface area (Å²) in [4.78, 5) is 38.9. The Morgan fingerprint density at radius 3 is 2.29 bits per heavy atom. The van der Waals surface area contributed by atoms with Crippen molar-refractivity contribution in [3.8, 4) is 11.1 Å². The molecule has 2 amide bonds. The Hall–Kier alpha value is -3.35. The number of aliphatic carboxylic acids is 1. The van der Waals surface area contributed by atoms with E-state index in [9.17, 15) is 14.4 Å². The Balaban J connectivity index is 1.40. The summed E-state index contributed by atoms with van der Waals surface area (Å²) < 4.78 is 5.66. The minimum atomic E-state index is -0.851. The summed E-state index contributed by atoms with van der Waals surface area (Å²) in [7, 11) is 0. The molecular weight excluding hydrogens is 444 g/mol. The third kappa shape index (κ3) is 5.50. The minimum Gasteiger partial charge on any atom is -0.481 e. The number of hydrogen-bond donors (Lipinski definition) is 2. The van der Waals surface area contributed by atoms with Crippen molar-refractivity contribution < 1.29 is 24.2 Å². The zero-order valence-corrected chi connectivity index (χ0v) is 20.4. The highest BCUT2D eigenvalue weighted by atomic mass is 16.5. The number of ether oxygens (including phenoxy) is 1. The van der Waals surface area contributed by atoms with Gasteiger partial charge in [-0.2, -0.15) is 0 Å². The first-order valence-electron chi connectivity index (χ1n) is 12.5. The average Bonchev–Trinajstić information content (AvgIpc) is 3.37. The standard InChI is InChI=1S/C28H34N2O5/c1-3-4-13-25(27(33)30-15-18(2)19(16-30)14-26(31)32)29-28(34)35-17-24-22-11-7-5-9-20(22)21-10-6-8-12-23(21)24/h5-12,18-19,24-25H,3-4,13-17H2,1-2H3,(H,29,34)(H,31,32)/t18-,19-,25?/m1/s1. The van der Waals surface area contributed by atoms with E-state index in [-0.39, 0.29) is 36.7 Å². The predicted octanol–water partition coefficient (Wildman–Crippen LogP) is 4.65. The van der Waals surface area contributed by atoms with Crippen molar-refractivity contribution >= 4 is 18.0 Å². The molecule has 4 rings (SSSR count). The zero-order valence-electron chi connectivity index (χ0n) is 20.4. The minimum absolute atomic E-state index is 0.0460. The number of amides is 2. The summed E-state index contributed by atoms with van der Waals surface area (Å²) in [5, 5.41) is 12.0. The summed E-state index contributed by atoms with van der Waals surface area (Å²) in [6, 6.07) is 15.6. The monoisotopic (exact) mass is 478 g/mol. The Bertz CT molecular complexity index is 1040. The third-order valence-corrected chi connectivity index (χ3v) is 7.30. The first-order valence-corrected chi connectivity index (χ1v) is 12.5. The third-order valence-electron chi connectivity index (χ3n) is 7.30. The summed E-state index contributed by atoms with van der Waals surface area (Å²) >= 11 is 0. The summed E-state index contributed by atoms with van der Waals surface area (Å²) in [6.45, 7) is 5.11. The van der Waals surface area contributed by atoms with Gasteiger partial charge in [-0.05, 0) is 40.5 Å². The Morgan fingerprint density at radius 1 is 1.06 bits per heavy atom. The van der Waals surface area contributed by atoms with Gasteiger partial charge in [-0.1, -0.05) is 75.2 Å². The van der Waals surface area contributed by atoms with Crippen LogP contribution >= 0.6 is 0 Å². The van der Waals surface area contributed by atoms with Crippen molar-refractivity contribution in [3.63, 3.8) is 0 Å². The maximum atomic E-state index is 13.3. The lowest BCUT2D eigenvalue weighted by atomic mass is 9.95. The lowest BCUT2D eigenvalue weighted by molar-refractivity contribution is -0.139. The second-order valence-corrected chi connectivity index (χ2v) is 9.74. The Morgan fingerprint density at radius 2 is 1.69 bits per heavy atom. The van der Waals surface area contributed by atoms with Gasteiger partial charge in [0, 0.05) is 19.0 Å². The smallest absolute Gasteiger partial charge is 0.407 e. The molecule has 0 saturated carbocycles. The van der Waals surface area contributed by atoms with Gasteiger partial charge < -0.3 is 20.1 Å². The van der Waals surface area contributed by atoms with Crippen molar-refractivity contribution in [1.82, 2.24) is 10.2 Å². The van der Waals surface area contributed by atoms with Gasteiger partial charge in [0.2, 0.25) is 5.91 Å². The number of alkyl carbamates (subject to hydrolysis) is 1. The second-order valence-electron chi connectivity index (χ2n) is 9.74. The molecule has 0 bridgehead atoms. The van der Waals surface area contributed by atoms with Crippen molar-refractivity contribution in [2.75, 3.05) is 19.7 Å². The molecule has 35 heavy (non-hydrogen) atoms. The van der Waals surface area contributed by atoms with Gasteiger partial charge in [0.15, 0.2) is 0 Å². The highest BCUT2D eigenvalue weighted by molar-refractivity contribution is 5.86. The van der Waals surface area contributed by atoms with E-state index < -0.39 is 18.1 Å². The normalized spacial score (nSPS) is 19.7. The molecule has 0 aromatic heterocycles. The highest BCUT2D eigenvalue weighted by Gasteiger charge is 2.37. The first-order chi connectivity index (χ1) is 16.9. The van der Waals surface area contributed by atoms with Gasteiger partial charge in [0.1, 0.15) is 12.6 Å². The molecule has 7 nitrogen and oxygen atoms in total. The fourth-order valence-corrected chi connectivity index (χ4v) is 5.37. The number of unbranched alkanes of at least 4 members (excludes halogenated alkanes) is 1. The molecule has 186 valence electrons. The molecule has 2 N–H and O–H groups in total. The fraction of sp³-hybridized carbons (Fsp3) is 0.464. The first kappa shape index (κ1) is 24.8. The van der Waals surface area contributed by atoms with Crippen LogP contribution in [0.4, 0.5) is 4.79 Å². The number of nitrogens with one attached hydrogen (secondary N) is 1. The van der Waals surface area contributed by atoms with E-state index in [4.69, 9.17) is 9.84 Å². The Labute approximate surface area is 206 Å². The average molecular weight is 479 g/mol. The van der Waals surface area contributed by atoms with Crippen LogP contribution in [0.1, 0.15) is 56.6 Å². The van der Waals surface area contributed by atoms with Crippen molar-refractivity contribution in [2.24, 2.45) is 11.8 Å². The van der Waals surface area contributed by atoms with E-state index in [2.05, 4.69) is 29.6 Å². The molecule has 1 aliphatic carbocycles. The highest BCUT2D eigenvalue weighted by Crippen LogP contribution is 2.44. The molecular formula is C28H34N2O5. The number of carboxylic acids is 1. The van der Waals surface area contributed by atoms with E-state index in [1.165, 1.54) is 0 Å². The van der Waals surface area contributed by atoms with Gasteiger partial charge in [0.25, 0.3) is 0 Å². The maximum absolute atomic E-state index is 13.3. The largest absolute Gasteiger partial charge is 0.481 e. The number of rotatable bonds is 9. The number of benzene rings is 2. The molecule has 1 fully saturated rings. The van der Waals surface area contributed by atoms with Crippen LogP contribution in [0.15, 0.2) is 48.5 Å². The number of carbonyl (C=O) groups is 3. The number of likely N-dealkylation sites (tertiary alicyclic amines) is 1. The molecule has 2 aliphatic rings. The molecule has 1 heterocycles. The molecule has 1 saturated heterocycles. The van der Waals surface area contributed by atoms with E-state index in [0.717, 1.165) is 35.1 Å². The van der Waals surface area contributed by atoms with Crippen LogP contribution in [0.5, 0.6) is 0 Å². The van der Waals surface area contributed by atoms with E-state index in [1.54, 1.807) is 4.90 Å². The van der Waals surface area contributed by atoms with E-state index in [0.29, 0.717) is 19.5 Å². The SMILES string of the molecule is CCCCC(NC(=O)OCC1c2ccccc2-c2ccccc21)C(=O)N1C[C@@H](CC(=O)O)[C@H](C)C1. The van der Waals surface area contributed by atoms with Crippen molar-refractivity contribution in [2.45, 2.75) is 51.5 Å². The number of carbonyl (C=O) groups excluding carboxylic acids is 2. The van der Waals surface area contributed by atoms with Crippen molar-refractivity contribution in [3.05, 3.63) is 59.7 Å². The predicted molar refractivity (Wildman–Crippen MR) is 133 cm³/mol. The van der Waals surface area contributed by atoms with Gasteiger partial charge in [0.05, 0.1) is 6.42 Å². The molecule has 0 spiro atoms. The number of fused-ring (bicyclic) bond motifs is 3. The van der Waals surface area contributed by atoms with Gasteiger partial charge >= 0.3 is 12.1 Å². The Kier molecular flexibility index (Phi) is 7.73. The van der Waals surface area contributed by atoms with Crippen LogP contribution in [0.2, 0.25) is 0 Å². The van der Waals surface area contributed by atoms with E-state index >= 15 is 0 Å². The van der Waals surface area contributed by atoms with Gasteiger partial charge in [-0.3, -0.25) is 9.59 Å². The van der Waals surface area contributed by atoms with E-state index in [1.807, 2.05) is 38.1 Å². The maximum Gasteiger partial charge on any atom is 0.407 e. The molecule has 3 atom stereocenters. The molecule has 2 aromatic rings. The zero-order chi connectivity index (χ0) is 24.9. The summed E-state index contributed by atoms with van der Waals surface area (Å²) in [5.74, 6) is -1.02. The number of carboxylic acid groups (broad SMARTS) is 1.